The molecule has 2 aromatic heterocycles. The molecule has 1 aromatic carbocycles. The van der Waals surface area contributed by atoms with Crippen LogP contribution in [0.2, 0.25) is 0 Å². The molecule has 0 spiro atoms. The van der Waals surface area contributed by atoms with Crippen molar-refractivity contribution < 1.29 is 9.32 Å². The number of hydrogen-bond donors (Lipinski definition) is 2. The van der Waals surface area contributed by atoms with E-state index in [2.05, 4.69) is 25.8 Å². The molecule has 0 aliphatic carbocycles. The Hall–Kier alpha value is -3.22. The minimum Gasteiger partial charge on any atom is -0.360 e. The molecule has 3 rings (SSSR count). The molecule has 2 N–H and O–H groups in total. The van der Waals surface area contributed by atoms with Crippen LogP contribution in [0.25, 0.3) is 0 Å². The zero-order chi connectivity index (χ0) is 18.0. The number of aryl methyl sites for hydroxylation is 3. The molecular weight excluding hydrogens is 318 g/mol. The summed E-state index contributed by atoms with van der Waals surface area (Å²) in [5.74, 6) is 1.16. The quantitative estimate of drug-likeness (QED) is 0.754. The molecule has 0 atom stereocenters. The Bertz CT molecular complexity index is 933. The third kappa shape index (κ3) is 3.82. The van der Waals surface area contributed by atoms with Crippen LogP contribution >= 0.6 is 0 Å². The van der Waals surface area contributed by atoms with Gasteiger partial charge in [-0.25, -0.2) is 9.97 Å². The van der Waals surface area contributed by atoms with Crippen molar-refractivity contribution >= 4 is 23.4 Å². The predicted octanol–water partition coefficient (Wildman–Crippen LogP) is 3.69. The number of hydrogen-bond acceptors (Lipinski definition) is 6. The number of anilines is 3. The SMILES string of the molecule is Cc1cc(C(=O)Nc2cccc(C)c2C)nc(Nc2cc(C)on2)n1. The molecule has 0 bridgehead atoms. The average Bonchev–Trinajstić information content (AvgIpc) is 2.96. The number of nitrogens with one attached hydrogen (secondary N) is 2. The van der Waals surface area contributed by atoms with E-state index < -0.39 is 0 Å². The summed E-state index contributed by atoms with van der Waals surface area (Å²) in [6, 6.07) is 9.14. The molecule has 0 aliphatic rings. The van der Waals surface area contributed by atoms with Gasteiger partial charge in [0.2, 0.25) is 5.95 Å². The third-order valence-corrected chi connectivity index (χ3v) is 3.81. The molecule has 0 aliphatic heterocycles. The first-order chi connectivity index (χ1) is 11.9. The van der Waals surface area contributed by atoms with E-state index in [-0.39, 0.29) is 11.6 Å². The van der Waals surface area contributed by atoms with E-state index in [1.54, 1.807) is 26.0 Å². The molecular formula is C18H19N5O2. The Morgan fingerprint density at radius 2 is 1.88 bits per heavy atom. The molecule has 0 fully saturated rings. The zero-order valence-corrected chi connectivity index (χ0v) is 14.5. The molecule has 0 unspecified atom stereocenters. The van der Waals surface area contributed by atoms with Crippen LogP contribution in [0.3, 0.4) is 0 Å². The molecule has 25 heavy (non-hydrogen) atoms. The number of nitrogens with zero attached hydrogens (tertiary/aromatic N) is 3. The van der Waals surface area contributed by atoms with Crippen molar-refractivity contribution in [1.29, 1.82) is 0 Å². The van der Waals surface area contributed by atoms with E-state index >= 15 is 0 Å². The van der Waals surface area contributed by atoms with Gasteiger partial charge in [-0.1, -0.05) is 17.3 Å². The normalized spacial score (nSPS) is 10.6. The largest absolute Gasteiger partial charge is 0.360 e. The highest BCUT2D eigenvalue weighted by molar-refractivity contribution is 6.03. The molecule has 128 valence electrons. The molecule has 3 aromatic rings. The fourth-order valence-electron chi connectivity index (χ4n) is 2.35. The Balaban J connectivity index is 1.84. The second-order valence-corrected chi connectivity index (χ2v) is 5.87. The van der Waals surface area contributed by atoms with Gasteiger partial charge < -0.3 is 15.2 Å². The predicted molar refractivity (Wildman–Crippen MR) is 95.2 cm³/mol. The maximum Gasteiger partial charge on any atom is 0.274 e. The van der Waals surface area contributed by atoms with Crippen molar-refractivity contribution in [2.75, 3.05) is 10.6 Å². The van der Waals surface area contributed by atoms with Crippen LogP contribution in [-0.2, 0) is 0 Å². The summed E-state index contributed by atoms with van der Waals surface area (Å²) in [6.07, 6.45) is 0. The number of carbonyl (C=O) groups excluding carboxylic acids is 1. The average molecular weight is 337 g/mol. The van der Waals surface area contributed by atoms with Gasteiger partial charge in [-0.15, -0.1) is 0 Å². The van der Waals surface area contributed by atoms with Gasteiger partial charge in [0, 0.05) is 17.4 Å². The van der Waals surface area contributed by atoms with Crippen molar-refractivity contribution in [3.63, 3.8) is 0 Å². The lowest BCUT2D eigenvalue weighted by molar-refractivity contribution is 0.102. The summed E-state index contributed by atoms with van der Waals surface area (Å²) >= 11 is 0. The second-order valence-electron chi connectivity index (χ2n) is 5.87. The summed E-state index contributed by atoms with van der Waals surface area (Å²) < 4.78 is 5.00. The van der Waals surface area contributed by atoms with Crippen molar-refractivity contribution in [3.05, 3.63) is 58.6 Å². The second kappa shape index (κ2) is 6.72. The van der Waals surface area contributed by atoms with Crippen LogP contribution in [0.15, 0.2) is 34.9 Å². The molecule has 0 radical (unpaired) electrons. The summed E-state index contributed by atoms with van der Waals surface area (Å²) in [5, 5.41) is 9.67. The van der Waals surface area contributed by atoms with Gasteiger partial charge in [-0.05, 0) is 51.0 Å². The number of amides is 1. The van der Waals surface area contributed by atoms with Crippen LogP contribution in [0.4, 0.5) is 17.5 Å². The maximum absolute atomic E-state index is 12.6. The Morgan fingerprint density at radius 1 is 1.08 bits per heavy atom. The highest BCUT2D eigenvalue weighted by Crippen LogP contribution is 2.19. The maximum atomic E-state index is 12.6. The molecule has 0 saturated carbocycles. The van der Waals surface area contributed by atoms with Crippen LogP contribution in [0.5, 0.6) is 0 Å². The minimum absolute atomic E-state index is 0.274. The third-order valence-electron chi connectivity index (χ3n) is 3.81. The smallest absolute Gasteiger partial charge is 0.274 e. The fourth-order valence-corrected chi connectivity index (χ4v) is 2.35. The molecule has 0 saturated heterocycles. The van der Waals surface area contributed by atoms with Gasteiger partial charge in [-0.3, -0.25) is 4.79 Å². The van der Waals surface area contributed by atoms with Crippen LogP contribution in [0.1, 0.15) is 33.1 Å². The number of benzene rings is 1. The first-order valence-electron chi connectivity index (χ1n) is 7.86. The lowest BCUT2D eigenvalue weighted by atomic mass is 10.1. The van der Waals surface area contributed by atoms with Crippen LogP contribution in [0, 0.1) is 27.7 Å². The van der Waals surface area contributed by atoms with Gasteiger partial charge in [0.1, 0.15) is 11.5 Å². The van der Waals surface area contributed by atoms with E-state index in [0.717, 1.165) is 16.8 Å². The van der Waals surface area contributed by atoms with E-state index in [1.807, 2.05) is 32.0 Å². The first-order valence-corrected chi connectivity index (χ1v) is 7.86. The number of aromatic nitrogens is 3. The lowest BCUT2D eigenvalue weighted by Crippen LogP contribution is -2.16. The van der Waals surface area contributed by atoms with E-state index in [0.29, 0.717) is 23.2 Å². The van der Waals surface area contributed by atoms with Crippen LogP contribution in [-0.4, -0.2) is 21.0 Å². The highest BCUT2D eigenvalue weighted by Gasteiger charge is 2.13. The monoisotopic (exact) mass is 337 g/mol. The van der Waals surface area contributed by atoms with Gasteiger partial charge in [0.25, 0.3) is 5.91 Å². The molecule has 1 amide bonds. The zero-order valence-electron chi connectivity index (χ0n) is 14.5. The molecule has 2 heterocycles. The standard InChI is InChI=1S/C18H19N5O2/c1-10-6-5-7-14(13(10)4)20-17(24)15-8-11(2)19-18(21-15)22-16-9-12(3)25-23-16/h5-9H,1-4H3,(H,20,24)(H,19,21,22,23). The first kappa shape index (κ1) is 16.6. The van der Waals surface area contributed by atoms with E-state index in [4.69, 9.17) is 4.52 Å². The topological polar surface area (TPSA) is 92.9 Å². The van der Waals surface area contributed by atoms with E-state index in [1.165, 1.54) is 0 Å². The van der Waals surface area contributed by atoms with Gasteiger partial charge >= 0.3 is 0 Å². The molecule has 7 nitrogen and oxygen atoms in total. The van der Waals surface area contributed by atoms with Gasteiger partial charge in [0.05, 0.1) is 0 Å². The van der Waals surface area contributed by atoms with Gasteiger partial charge in [0.15, 0.2) is 5.82 Å². The van der Waals surface area contributed by atoms with Crippen molar-refractivity contribution in [3.8, 4) is 0 Å². The van der Waals surface area contributed by atoms with E-state index in [9.17, 15) is 4.79 Å². The van der Waals surface area contributed by atoms with Crippen molar-refractivity contribution in [1.82, 2.24) is 15.1 Å². The van der Waals surface area contributed by atoms with Crippen molar-refractivity contribution in [2.24, 2.45) is 0 Å². The lowest BCUT2D eigenvalue weighted by Gasteiger charge is -2.11. The summed E-state index contributed by atoms with van der Waals surface area (Å²) in [6.45, 7) is 7.56. The summed E-state index contributed by atoms with van der Waals surface area (Å²) in [4.78, 5) is 21.1. The Morgan fingerprint density at radius 3 is 2.60 bits per heavy atom. The highest BCUT2D eigenvalue weighted by atomic mass is 16.5. The fraction of sp³-hybridized carbons (Fsp3) is 0.222. The Labute approximate surface area is 145 Å². The number of carbonyl (C=O) groups is 1. The Kier molecular flexibility index (Phi) is 4.47. The minimum atomic E-state index is -0.293. The molecule has 7 heteroatoms. The van der Waals surface area contributed by atoms with Gasteiger partial charge in [-0.2, -0.15) is 0 Å². The summed E-state index contributed by atoms with van der Waals surface area (Å²) in [5.41, 5.74) is 3.85. The number of rotatable bonds is 4. The summed E-state index contributed by atoms with van der Waals surface area (Å²) in [7, 11) is 0. The van der Waals surface area contributed by atoms with Crippen LogP contribution < -0.4 is 10.6 Å². The van der Waals surface area contributed by atoms with Crippen molar-refractivity contribution in [2.45, 2.75) is 27.7 Å².